The van der Waals surface area contributed by atoms with E-state index in [1.54, 1.807) is 11.8 Å². The number of rotatable bonds is 6. The van der Waals surface area contributed by atoms with Crippen LogP contribution < -0.4 is 0 Å². The third kappa shape index (κ3) is 3.31. The first kappa shape index (κ1) is 17.0. The van der Waals surface area contributed by atoms with Crippen LogP contribution in [0.2, 0.25) is 0 Å². The first-order valence-corrected chi connectivity index (χ1v) is 10.0. The summed E-state index contributed by atoms with van der Waals surface area (Å²) in [5.74, 6) is 1.01. The van der Waals surface area contributed by atoms with Gasteiger partial charge >= 0.3 is 0 Å². The van der Waals surface area contributed by atoms with Gasteiger partial charge in [0.2, 0.25) is 5.16 Å². The lowest BCUT2D eigenvalue weighted by Crippen LogP contribution is -2.03. The van der Waals surface area contributed by atoms with E-state index < -0.39 is 0 Å². The van der Waals surface area contributed by atoms with Gasteiger partial charge in [0.15, 0.2) is 5.65 Å². The van der Waals surface area contributed by atoms with Crippen LogP contribution in [-0.4, -0.2) is 25.5 Å². The van der Waals surface area contributed by atoms with Crippen molar-refractivity contribution in [2.45, 2.75) is 38.4 Å². The smallest absolute Gasteiger partial charge is 0.211 e. The lowest BCUT2D eigenvalue weighted by atomic mass is 10.1. The third-order valence-electron chi connectivity index (χ3n) is 4.50. The second kappa shape index (κ2) is 7.46. The molecule has 0 aliphatic carbocycles. The molecule has 0 N–H and O–H groups in total. The molecular formula is C21H22N4S. The Bertz CT molecular complexity index is 1040. The molecule has 0 atom stereocenters. The maximum Gasteiger partial charge on any atom is 0.211 e. The average molecular weight is 363 g/mol. The van der Waals surface area contributed by atoms with Gasteiger partial charge in [-0.1, -0.05) is 60.6 Å². The summed E-state index contributed by atoms with van der Waals surface area (Å²) < 4.78 is 2.29. The van der Waals surface area contributed by atoms with Gasteiger partial charge in [0, 0.05) is 17.7 Å². The molecule has 0 fully saturated rings. The molecular weight excluding hydrogens is 340 g/mol. The molecule has 0 saturated heterocycles. The van der Waals surface area contributed by atoms with Crippen molar-refractivity contribution in [1.29, 1.82) is 0 Å². The Morgan fingerprint density at radius 2 is 1.88 bits per heavy atom. The van der Waals surface area contributed by atoms with Crippen molar-refractivity contribution in [2.75, 3.05) is 5.75 Å². The van der Waals surface area contributed by atoms with Crippen LogP contribution in [0.5, 0.6) is 0 Å². The lowest BCUT2D eigenvalue weighted by Gasteiger charge is -2.07. The van der Waals surface area contributed by atoms with Gasteiger partial charge in [-0.25, -0.2) is 4.98 Å². The first-order chi connectivity index (χ1) is 12.8. The van der Waals surface area contributed by atoms with E-state index in [2.05, 4.69) is 77.1 Å². The normalized spacial score (nSPS) is 11.5. The molecule has 0 spiro atoms. The van der Waals surface area contributed by atoms with Gasteiger partial charge in [0.25, 0.3) is 0 Å². The Morgan fingerprint density at radius 1 is 1.04 bits per heavy atom. The number of aromatic nitrogens is 4. The van der Waals surface area contributed by atoms with Crippen molar-refractivity contribution in [3.8, 4) is 0 Å². The fourth-order valence-electron chi connectivity index (χ4n) is 3.22. The zero-order chi connectivity index (χ0) is 17.9. The molecule has 4 aromatic rings. The molecule has 0 aliphatic heterocycles. The Labute approximate surface area is 157 Å². The summed E-state index contributed by atoms with van der Waals surface area (Å²) in [7, 11) is 0. The van der Waals surface area contributed by atoms with Crippen molar-refractivity contribution in [1.82, 2.24) is 19.7 Å². The highest BCUT2D eigenvalue weighted by atomic mass is 32.2. The fourth-order valence-corrected chi connectivity index (χ4v) is 3.86. The number of hydrogen-bond donors (Lipinski definition) is 0. The van der Waals surface area contributed by atoms with Crippen LogP contribution in [0.25, 0.3) is 22.1 Å². The number of fused-ring (bicyclic) bond motifs is 3. The highest BCUT2D eigenvalue weighted by Crippen LogP contribution is 2.28. The van der Waals surface area contributed by atoms with Gasteiger partial charge in [-0.2, -0.15) is 0 Å². The largest absolute Gasteiger partial charge is 0.323 e. The first-order valence-electron chi connectivity index (χ1n) is 9.06. The molecule has 26 heavy (non-hydrogen) atoms. The van der Waals surface area contributed by atoms with Crippen LogP contribution >= 0.6 is 11.8 Å². The SMILES string of the molecule is CCCSc1nnc2c3cc(C)ccc3n(CCc3ccccc3)c2n1. The molecule has 4 nitrogen and oxygen atoms in total. The molecule has 4 rings (SSSR count). The highest BCUT2D eigenvalue weighted by Gasteiger charge is 2.15. The molecule has 132 valence electrons. The van der Waals surface area contributed by atoms with Crippen LogP contribution in [0.4, 0.5) is 0 Å². The van der Waals surface area contributed by atoms with Crippen molar-refractivity contribution < 1.29 is 0 Å². The fraction of sp³-hybridized carbons (Fsp3) is 0.286. The van der Waals surface area contributed by atoms with E-state index in [9.17, 15) is 0 Å². The molecule has 0 saturated carbocycles. The summed E-state index contributed by atoms with van der Waals surface area (Å²) in [4.78, 5) is 4.84. The maximum absolute atomic E-state index is 4.84. The predicted molar refractivity (Wildman–Crippen MR) is 109 cm³/mol. The van der Waals surface area contributed by atoms with E-state index in [0.717, 1.165) is 46.8 Å². The van der Waals surface area contributed by atoms with Crippen molar-refractivity contribution in [3.63, 3.8) is 0 Å². The second-order valence-electron chi connectivity index (χ2n) is 6.52. The molecule has 0 amide bonds. The van der Waals surface area contributed by atoms with E-state index in [1.807, 2.05) is 0 Å². The minimum absolute atomic E-state index is 0.764. The Balaban J connectivity index is 1.80. The average Bonchev–Trinajstić information content (AvgIpc) is 2.97. The van der Waals surface area contributed by atoms with E-state index >= 15 is 0 Å². The van der Waals surface area contributed by atoms with E-state index in [4.69, 9.17) is 4.98 Å². The van der Waals surface area contributed by atoms with Crippen molar-refractivity contribution in [2.24, 2.45) is 0 Å². The second-order valence-corrected chi connectivity index (χ2v) is 7.58. The highest BCUT2D eigenvalue weighted by molar-refractivity contribution is 7.99. The van der Waals surface area contributed by atoms with Gasteiger partial charge in [0.1, 0.15) is 5.52 Å². The van der Waals surface area contributed by atoms with Crippen LogP contribution in [0.15, 0.2) is 53.7 Å². The molecule has 0 aliphatic rings. The number of benzene rings is 2. The number of nitrogens with zero attached hydrogens (tertiary/aromatic N) is 4. The zero-order valence-electron chi connectivity index (χ0n) is 15.1. The van der Waals surface area contributed by atoms with E-state index in [-0.39, 0.29) is 0 Å². The quantitative estimate of drug-likeness (QED) is 0.451. The van der Waals surface area contributed by atoms with Gasteiger partial charge < -0.3 is 4.57 Å². The lowest BCUT2D eigenvalue weighted by molar-refractivity contribution is 0.727. The van der Waals surface area contributed by atoms with E-state index in [0.29, 0.717) is 0 Å². The van der Waals surface area contributed by atoms with Gasteiger partial charge in [0.05, 0.1) is 5.52 Å². The number of aryl methyl sites for hydroxylation is 3. The standard InChI is InChI=1S/C21H22N4S/c1-3-13-26-21-22-20-19(23-24-21)17-14-15(2)9-10-18(17)25(20)12-11-16-7-5-4-6-8-16/h4-10,14H,3,11-13H2,1-2H3. The summed E-state index contributed by atoms with van der Waals surface area (Å²) in [6, 6.07) is 17.1. The van der Waals surface area contributed by atoms with Gasteiger partial charge in [-0.15, -0.1) is 10.2 Å². The Kier molecular flexibility index (Phi) is 4.89. The summed E-state index contributed by atoms with van der Waals surface area (Å²) >= 11 is 1.67. The third-order valence-corrected chi connectivity index (χ3v) is 5.55. The Hall–Kier alpha value is -2.40. The molecule has 2 aromatic carbocycles. The number of hydrogen-bond acceptors (Lipinski definition) is 4. The molecule has 0 bridgehead atoms. The van der Waals surface area contributed by atoms with Crippen LogP contribution in [0, 0.1) is 6.92 Å². The molecule has 2 heterocycles. The summed E-state index contributed by atoms with van der Waals surface area (Å²) in [5, 5.41) is 10.8. The predicted octanol–water partition coefficient (Wildman–Crippen LogP) is 5.03. The summed E-state index contributed by atoms with van der Waals surface area (Å²) in [6.07, 6.45) is 2.07. The van der Waals surface area contributed by atoms with Crippen LogP contribution in [0.1, 0.15) is 24.5 Å². The van der Waals surface area contributed by atoms with Gasteiger partial charge in [-0.3, -0.25) is 0 Å². The van der Waals surface area contributed by atoms with E-state index in [1.165, 1.54) is 16.6 Å². The molecule has 5 heteroatoms. The molecule has 0 unspecified atom stereocenters. The molecule has 2 aromatic heterocycles. The number of thioether (sulfide) groups is 1. The summed E-state index contributed by atoms with van der Waals surface area (Å²) in [6.45, 7) is 5.15. The Morgan fingerprint density at radius 3 is 2.69 bits per heavy atom. The maximum atomic E-state index is 4.84. The summed E-state index contributed by atoms with van der Waals surface area (Å²) in [5.41, 5.74) is 5.58. The molecule has 0 radical (unpaired) electrons. The zero-order valence-corrected chi connectivity index (χ0v) is 16.0. The van der Waals surface area contributed by atoms with Crippen LogP contribution in [-0.2, 0) is 13.0 Å². The monoisotopic (exact) mass is 362 g/mol. The minimum Gasteiger partial charge on any atom is -0.323 e. The topological polar surface area (TPSA) is 43.6 Å². The van der Waals surface area contributed by atoms with Crippen LogP contribution in [0.3, 0.4) is 0 Å². The van der Waals surface area contributed by atoms with Gasteiger partial charge in [-0.05, 0) is 37.5 Å². The van der Waals surface area contributed by atoms with Crippen molar-refractivity contribution in [3.05, 3.63) is 59.7 Å². The van der Waals surface area contributed by atoms with Crippen molar-refractivity contribution >= 4 is 33.8 Å². The minimum atomic E-state index is 0.764.